The summed E-state index contributed by atoms with van der Waals surface area (Å²) in [6.07, 6.45) is 0. The minimum absolute atomic E-state index is 0.551. The fourth-order valence-corrected chi connectivity index (χ4v) is 1.87. The molecule has 75 valence electrons. The Bertz CT molecular complexity index is 472. The smallest absolute Gasteiger partial charge is 0.141 e. The van der Waals surface area contributed by atoms with Gasteiger partial charge in [-0.3, -0.25) is 0 Å². The van der Waals surface area contributed by atoms with Gasteiger partial charge < -0.3 is 5.73 Å². The van der Waals surface area contributed by atoms with Gasteiger partial charge in [-0.1, -0.05) is 18.2 Å². The van der Waals surface area contributed by atoms with Crippen molar-refractivity contribution in [2.45, 2.75) is 0 Å². The molecule has 0 unspecified atom stereocenters. The lowest BCUT2D eigenvalue weighted by Gasteiger charge is -1.98. The Kier molecular flexibility index (Phi) is 2.83. The molecule has 1 radical (unpaired) electrons. The van der Waals surface area contributed by atoms with E-state index in [4.69, 9.17) is 5.73 Å². The van der Waals surface area contributed by atoms with Gasteiger partial charge in [0.25, 0.3) is 0 Å². The first-order valence-electron chi connectivity index (χ1n) is 4.56. The number of hydrogen-bond acceptors (Lipinski definition) is 2. The second kappa shape index (κ2) is 4.28. The first-order valence-corrected chi connectivity index (χ1v) is 5.44. The molecule has 0 saturated heterocycles. The fourth-order valence-electron chi connectivity index (χ4n) is 1.24. The van der Waals surface area contributed by atoms with Crippen LogP contribution in [-0.2, 0) is 0 Å². The zero-order valence-electron chi connectivity index (χ0n) is 8.18. The molecule has 0 atom stereocenters. The van der Waals surface area contributed by atoms with Crippen molar-refractivity contribution in [2.75, 3.05) is 0 Å². The van der Waals surface area contributed by atoms with Crippen LogP contribution in [0.15, 0.2) is 46.8 Å². The Morgan fingerprint density at radius 2 is 2.13 bits per heavy atom. The van der Waals surface area contributed by atoms with Crippen LogP contribution in [0.4, 0.5) is 5.69 Å². The van der Waals surface area contributed by atoms with Crippen LogP contribution in [0.1, 0.15) is 10.4 Å². The zero-order chi connectivity index (χ0) is 10.7. The van der Waals surface area contributed by atoms with E-state index >= 15 is 0 Å². The lowest BCUT2D eigenvalue weighted by atomic mass is 10.2. The van der Waals surface area contributed by atoms with Crippen LogP contribution < -0.4 is 5.73 Å². The van der Waals surface area contributed by atoms with Crippen LogP contribution in [0.3, 0.4) is 0 Å². The Balaban J connectivity index is 2.31. The van der Waals surface area contributed by atoms with Gasteiger partial charge in [0.2, 0.25) is 0 Å². The first kappa shape index (κ1) is 9.93. The summed E-state index contributed by atoms with van der Waals surface area (Å²) in [7, 11) is 0. The molecule has 1 aromatic heterocycles. The maximum Gasteiger partial charge on any atom is 0.141 e. The molecule has 0 aliphatic carbocycles. The van der Waals surface area contributed by atoms with E-state index in [1.807, 2.05) is 41.8 Å². The first-order chi connectivity index (χ1) is 7.25. The average Bonchev–Trinajstić information content (AvgIpc) is 2.70. The maximum absolute atomic E-state index is 5.86. The van der Waals surface area contributed by atoms with Crippen molar-refractivity contribution in [3.8, 4) is 0 Å². The highest BCUT2D eigenvalue weighted by molar-refractivity contribution is 7.12. The van der Waals surface area contributed by atoms with Crippen molar-refractivity contribution in [3.05, 3.63) is 59.1 Å². The zero-order valence-corrected chi connectivity index (χ0v) is 9.00. The summed E-state index contributed by atoms with van der Waals surface area (Å²) in [6, 6.07) is 11.6. The predicted octanol–water partition coefficient (Wildman–Crippen LogP) is 2.97. The SMILES string of the molecule is [CH2]c1cccc(/N=C(\N)c2cccs2)c1. The molecule has 0 fully saturated rings. The van der Waals surface area contributed by atoms with Gasteiger partial charge in [0.1, 0.15) is 5.84 Å². The van der Waals surface area contributed by atoms with Gasteiger partial charge >= 0.3 is 0 Å². The fraction of sp³-hybridized carbons (Fsp3) is 0. The van der Waals surface area contributed by atoms with Crippen LogP contribution in [0.2, 0.25) is 0 Å². The van der Waals surface area contributed by atoms with Gasteiger partial charge in [-0.15, -0.1) is 11.3 Å². The molecule has 0 amide bonds. The summed E-state index contributed by atoms with van der Waals surface area (Å²) in [4.78, 5) is 5.32. The monoisotopic (exact) mass is 215 g/mol. The number of benzene rings is 1. The van der Waals surface area contributed by atoms with Crippen molar-refractivity contribution in [1.29, 1.82) is 0 Å². The highest BCUT2D eigenvalue weighted by Gasteiger charge is 1.99. The van der Waals surface area contributed by atoms with Gasteiger partial charge in [-0.2, -0.15) is 0 Å². The molecule has 0 saturated carbocycles. The number of aliphatic imine (C=N–C) groups is 1. The molecule has 2 rings (SSSR count). The van der Waals surface area contributed by atoms with E-state index in [0.717, 1.165) is 16.1 Å². The highest BCUT2D eigenvalue weighted by Crippen LogP contribution is 2.16. The van der Waals surface area contributed by atoms with E-state index in [1.54, 1.807) is 11.3 Å². The number of rotatable bonds is 2. The normalized spacial score (nSPS) is 11.7. The molecule has 1 aromatic carbocycles. The molecule has 15 heavy (non-hydrogen) atoms. The summed E-state index contributed by atoms with van der Waals surface area (Å²) in [5.41, 5.74) is 7.64. The van der Waals surface area contributed by atoms with Crippen LogP contribution in [0.5, 0.6) is 0 Å². The summed E-state index contributed by atoms with van der Waals surface area (Å²) < 4.78 is 0. The Labute approximate surface area is 93.1 Å². The molecule has 2 N–H and O–H groups in total. The summed E-state index contributed by atoms with van der Waals surface area (Å²) in [6.45, 7) is 3.84. The van der Waals surface area contributed by atoms with Gasteiger partial charge in [-0.25, -0.2) is 4.99 Å². The van der Waals surface area contributed by atoms with E-state index in [1.165, 1.54) is 0 Å². The van der Waals surface area contributed by atoms with Gasteiger partial charge in [0.05, 0.1) is 10.6 Å². The van der Waals surface area contributed by atoms with Crippen molar-refractivity contribution >= 4 is 22.9 Å². The molecular formula is C12H11N2S. The van der Waals surface area contributed by atoms with Crippen molar-refractivity contribution in [1.82, 2.24) is 0 Å². The van der Waals surface area contributed by atoms with Crippen LogP contribution in [0, 0.1) is 6.92 Å². The van der Waals surface area contributed by atoms with E-state index in [0.29, 0.717) is 5.84 Å². The molecule has 0 aliphatic heterocycles. The third kappa shape index (κ3) is 2.44. The van der Waals surface area contributed by atoms with E-state index in [9.17, 15) is 0 Å². The van der Waals surface area contributed by atoms with E-state index in [-0.39, 0.29) is 0 Å². The largest absolute Gasteiger partial charge is 0.383 e. The minimum Gasteiger partial charge on any atom is -0.383 e. The van der Waals surface area contributed by atoms with Gasteiger partial charge in [0, 0.05) is 0 Å². The Hall–Kier alpha value is -1.61. The van der Waals surface area contributed by atoms with Crippen molar-refractivity contribution in [2.24, 2.45) is 10.7 Å². The molecule has 3 heteroatoms. The maximum atomic E-state index is 5.86. The molecular weight excluding hydrogens is 204 g/mol. The van der Waals surface area contributed by atoms with E-state index in [2.05, 4.69) is 11.9 Å². The quantitative estimate of drug-likeness (QED) is 0.607. The molecule has 1 heterocycles. The second-order valence-corrected chi connectivity index (χ2v) is 4.09. The number of amidine groups is 1. The molecule has 2 nitrogen and oxygen atoms in total. The van der Waals surface area contributed by atoms with Crippen molar-refractivity contribution < 1.29 is 0 Å². The average molecular weight is 215 g/mol. The Morgan fingerprint density at radius 3 is 2.80 bits per heavy atom. The molecule has 2 aromatic rings. The third-order valence-electron chi connectivity index (χ3n) is 1.93. The third-order valence-corrected chi connectivity index (χ3v) is 2.83. The molecule has 0 bridgehead atoms. The topological polar surface area (TPSA) is 38.4 Å². The lowest BCUT2D eigenvalue weighted by Crippen LogP contribution is -2.10. The van der Waals surface area contributed by atoms with Gasteiger partial charge in [0.15, 0.2) is 0 Å². The highest BCUT2D eigenvalue weighted by atomic mass is 32.1. The Morgan fingerprint density at radius 1 is 1.27 bits per heavy atom. The standard InChI is InChI=1S/C12H11N2S/c1-9-4-2-5-10(8-9)14-12(13)11-6-3-7-15-11/h2-8H,1H2,(H2,13,14). The lowest BCUT2D eigenvalue weighted by molar-refractivity contribution is 1.46. The molecule has 0 spiro atoms. The summed E-state index contributed by atoms with van der Waals surface area (Å²) in [5, 5.41) is 1.98. The minimum atomic E-state index is 0.551. The number of nitrogens with two attached hydrogens (primary N) is 1. The number of thiophene rings is 1. The molecule has 0 aliphatic rings. The van der Waals surface area contributed by atoms with Gasteiger partial charge in [-0.05, 0) is 36.1 Å². The second-order valence-electron chi connectivity index (χ2n) is 3.14. The predicted molar refractivity (Wildman–Crippen MR) is 65.6 cm³/mol. The summed E-state index contributed by atoms with van der Waals surface area (Å²) >= 11 is 1.58. The van der Waals surface area contributed by atoms with E-state index < -0.39 is 0 Å². The van der Waals surface area contributed by atoms with Crippen LogP contribution >= 0.6 is 11.3 Å². The van der Waals surface area contributed by atoms with Crippen LogP contribution in [0.25, 0.3) is 0 Å². The van der Waals surface area contributed by atoms with Crippen LogP contribution in [-0.4, -0.2) is 5.84 Å². The summed E-state index contributed by atoms with van der Waals surface area (Å²) in [5.74, 6) is 0.551. The number of nitrogens with zero attached hydrogens (tertiary/aromatic N) is 1. The number of hydrogen-bond donors (Lipinski definition) is 1. The van der Waals surface area contributed by atoms with Crippen molar-refractivity contribution in [3.63, 3.8) is 0 Å².